The molecule has 30 heavy (non-hydrogen) atoms. The summed E-state index contributed by atoms with van der Waals surface area (Å²) in [6.07, 6.45) is -6.26. The summed E-state index contributed by atoms with van der Waals surface area (Å²) < 4.78 is 58.5. The van der Waals surface area contributed by atoms with Crippen molar-refractivity contribution in [3.63, 3.8) is 0 Å². The Balaban J connectivity index is 1.36. The van der Waals surface area contributed by atoms with E-state index in [0.717, 1.165) is 17.7 Å². The number of rotatable bonds is 5. The lowest BCUT2D eigenvalue weighted by Gasteiger charge is -2.15. The third-order valence-electron chi connectivity index (χ3n) is 5.06. The predicted octanol–water partition coefficient (Wildman–Crippen LogP) is 4.19. The average Bonchev–Trinajstić information content (AvgIpc) is 3.28. The minimum Gasteiger partial charge on any atom is -0.366 e. The first kappa shape index (κ1) is 20.3. The lowest BCUT2D eigenvalue weighted by atomic mass is 10.1. The fourth-order valence-electron chi connectivity index (χ4n) is 3.53. The molecule has 0 unspecified atom stereocenters. The zero-order chi connectivity index (χ0) is 21.3. The number of nitriles is 1. The van der Waals surface area contributed by atoms with E-state index in [-0.39, 0.29) is 18.7 Å². The second-order valence-corrected chi connectivity index (χ2v) is 7.28. The number of benzene rings is 2. The molecule has 0 aliphatic carbocycles. The summed E-state index contributed by atoms with van der Waals surface area (Å²) in [6, 6.07) is 12.4. The topological polar surface area (TPSA) is 64.9 Å². The van der Waals surface area contributed by atoms with Gasteiger partial charge >= 0.3 is 6.18 Å². The van der Waals surface area contributed by atoms with Gasteiger partial charge in [-0.2, -0.15) is 18.4 Å². The average molecular weight is 418 g/mol. The fourth-order valence-corrected chi connectivity index (χ4v) is 3.53. The zero-order valence-corrected chi connectivity index (χ0v) is 15.8. The number of nitrogens with one attached hydrogen (secondary N) is 1. The first-order valence-corrected chi connectivity index (χ1v) is 9.35. The summed E-state index contributed by atoms with van der Waals surface area (Å²) in [7, 11) is 0. The van der Waals surface area contributed by atoms with Gasteiger partial charge in [0.25, 0.3) is 0 Å². The number of likely N-dealkylation sites (tertiary alicyclic amines) is 1. The summed E-state index contributed by atoms with van der Waals surface area (Å²) >= 11 is 0. The van der Waals surface area contributed by atoms with Crippen LogP contribution < -0.4 is 0 Å². The molecule has 1 aliphatic rings. The third kappa shape index (κ3) is 4.45. The van der Waals surface area contributed by atoms with Crippen molar-refractivity contribution in [1.82, 2.24) is 14.9 Å². The monoisotopic (exact) mass is 418 g/mol. The zero-order valence-electron chi connectivity index (χ0n) is 15.8. The van der Waals surface area contributed by atoms with Crippen LogP contribution in [0.1, 0.15) is 22.5 Å². The van der Waals surface area contributed by atoms with Gasteiger partial charge in [-0.15, -0.1) is 0 Å². The normalized spacial score (nSPS) is 20.0. The highest BCUT2D eigenvalue weighted by Crippen LogP contribution is 2.31. The molecule has 5 nitrogen and oxygen atoms in total. The molecule has 0 bridgehead atoms. The van der Waals surface area contributed by atoms with Crippen molar-refractivity contribution in [2.75, 3.05) is 13.1 Å². The van der Waals surface area contributed by atoms with Gasteiger partial charge in [-0.1, -0.05) is 12.1 Å². The number of hydrogen-bond donors (Lipinski definition) is 1. The molecule has 1 aliphatic heterocycles. The Bertz CT molecular complexity index is 1070. The van der Waals surface area contributed by atoms with Gasteiger partial charge < -0.3 is 9.72 Å². The third-order valence-corrected chi connectivity index (χ3v) is 5.06. The lowest BCUT2D eigenvalue weighted by molar-refractivity contribution is -0.137. The Kier molecular flexibility index (Phi) is 5.45. The maximum atomic E-state index is 14.4. The molecule has 4 rings (SSSR count). The highest BCUT2D eigenvalue weighted by molar-refractivity contribution is 5.76. The summed E-state index contributed by atoms with van der Waals surface area (Å²) in [6.45, 7) is 1.13. The van der Waals surface area contributed by atoms with Crippen molar-refractivity contribution in [2.45, 2.75) is 31.6 Å². The van der Waals surface area contributed by atoms with Crippen molar-refractivity contribution in [2.24, 2.45) is 0 Å². The van der Waals surface area contributed by atoms with Crippen molar-refractivity contribution >= 4 is 11.0 Å². The standard InChI is InChI=1S/C21H18F4N4O/c22-16-10-29(9-14-3-1-13(8-26)2-4-14)11-19(16)30-12-20-27-17-6-5-15(21(23,24)25)7-18(17)28-20/h1-7,16,19H,9-12H2,(H,27,28)/t16-,19+/m1/s1. The molecular weight excluding hydrogens is 400 g/mol. The number of H-pyrrole nitrogens is 1. The number of hydrogen-bond acceptors (Lipinski definition) is 4. The second kappa shape index (κ2) is 8.05. The van der Waals surface area contributed by atoms with E-state index in [4.69, 9.17) is 10.00 Å². The van der Waals surface area contributed by atoms with Gasteiger partial charge in [0.1, 0.15) is 24.7 Å². The Morgan fingerprint density at radius 3 is 2.63 bits per heavy atom. The molecule has 0 radical (unpaired) electrons. The molecule has 1 aromatic heterocycles. The Morgan fingerprint density at radius 1 is 1.17 bits per heavy atom. The number of ether oxygens (including phenoxy) is 1. The Morgan fingerprint density at radius 2 is 1.93 bits per heavy atom. The molecule has 2 atom stereocenters. The van der Waals surface area contributed by atoms with Gasteiger partial charge in [0.15, 0.2) is 0 Å². The molecule has 2 heterocycles. The van der Waals surface area contributed by atoms with Crippen LogP contribution in [0.4, 0.5) is 17.6 Å². The smallest absolute Gasteiger partial charge is 0.366 e. The van der Waals surface area contributed by atoms with Crippen LogP contribution in [0, 0.1) is 11.3 Å². The largest absolute Gasteiger partial charge is 0.416 e. The van der Waals surface area contributed by atoms with Crippen molar-refractivity contribution < 1.29 is 22.3 Å². The van der Waals surface area contributed by atoms with E-state index in [1.54, 1.807) is 12.1 Å². The molecule has 2 aromatic carbocycles. The summed E-state index contributed by atoms with van der Waals surface area (Å²) in [4.78, 5) is 8.95. The number of fused-ring (bicyclic) bond motifs is 1. The highest BCUT2D eigenvalue weighted by Gasteiger charge is 2.34. The van der Waals surface area contributed by atoms with E-state index >= 15 is 0 Å². The molecule has 156 valence electrons. The molecule has 1 fully saturated rings. The van der Waals surface area contributed by atoms with Gasteiger partial charge in [-0.05, 0) is 35.9 Å². The van der Waals surface area contributed by atoms with Crippen LogP contribution in [-0.2, 0) is 24.1 Å². The van der Waals surface area contributed by atoms with E-state index < -0.39 is 24.0 Å². The number of imidazole rings is 1. The molecule has 0 spiro atoms. The van der Waals surface area contributed by atoms with E-state index in [1.165, 1.54) is 6.07 Å². The molecular formula is C21H18F4N4O. The van der Waals surface area contributed by atoms with Gasteiger partial charge in [-0.25, -0.2) is 9.37 Å². The SMILES string of the molecule is N#Cc1ccc(CN2C[C@@H](F)[C@@H](OCc3nc4ccc(C(F)(F)F)cc4[nH]3)C2)cc1. The number of aromatic amines is 1. The molecule has 3 aromatic rings. The molecule has 1 saturated heterocycles. The van der Waals surface area contributed by atoms with Crippen LogP contribution in [0.15, 0.2) is 42.5 Å². The van der Waals surface area contributed by atoms with Gasteiger partial charge in [0.2, 0.25) is 0 Å². The van der Waals surface area contributed by atoms with Gasteiger partial charge in [0.05, 0.1) is 28.2 Å². The van der Waals surface area contributed by atoms with Crippen molar-refractivity contribution in [3.05, 3.63) is 65.0 Å². The number of alkyl halides is 4. The summed E-state index contributed by atoms with van der Waals surface area (Å²) in [5.74, 6) is 0.349. The number of nitrogens with zero attached hydrogens (tertiary/aromatic N) is 3. The van der Waals surface area contributed by atoms with Gasteiger partial charge in [-0.3, -0.25) is 4.90 Å². The number of aromatic nitrogens is 2. The van der Waals surface area contributed by atoms with Crippen LogP contribution in [0.2, 0.25) is 0 Å². The molecule has 0 amide bonds. The quantitative estimate of drug-likeness (QED) is 0.631. The maximum absolute atomic E-state index is 14.4. The summed E-state index contributed by atoms with van der Waals surface area (Å²) in [5, 5.41) is 8.85. The van der Waals surface area contributed by atoms with Crippen LogP contribution in [0.25, 0.3) is 11.0 Å². The Labute approximate surface area is 169 Å². The highest BCUT2D eigenvalue weighted by atomic mass is 19.4. The van der Waals surface area contributed by atoms with Crippen LogP contribution in [0.5, 0.6) is 0 Å². The predicted molar refractivity (Wildman–Crippen MR) is 101 cm³/mol. The van der Waals surface area contributed by atoms with Crippen LogP contribution >= 0.6 is 0 Å². The van der Waals surface area contributed by atoms with E-state index in [1.807, 2.05) is 17.0 Å². The van der Waals surface area contributed by atoms with Crippen LogP contribution in [-0.4, -0.2) is 40.2 Å². The maximum Gasteiger partial charge on any atom is 0.416 e. The van der Waals surface area contributed by atoms with Crippen LogP contribution in [0.3, 0.4) is 0 Å². The first-order valence-electron chi connectivity index (χ1n) is 9.35. The van der Waals surface area contributed by atoms with Gasteiger partial charge in [0, 0.05) is 19.6 Å². The van der Waals surface area contributed by atoms with Crippen molar-refractivity contribution in [3.8, 4) is 6.07 Å². The number of halogens is 4. The minimum absolute atomic E-state index is 0.0220. The van der Waals surface area contributed by atoms with E-state index in [0.29, 0.717) is 30.0 Å². The fraction of sp³-hybridized carbons (Fsp3) is 0.333. The van der Waals surface area contributed by atoms with E-state index in [9.17, 15) is 17.6 Å². The lowest BCUT2D eigenvalue weighted by Crippen LogP contribution is -2.24. The summed E-state index contributed by atoms with van der Waals surface area (Å²) in [5.41, 5.74) is 1.43. The molecule has 0 saturated carbocycles. The van der Waals surface area contributed by atoms with E-state index in [2.05, 4.69) is 16.0 Å². The minimum atomic E-state index is -4.43. The van der Waals surface area contributed by atoms with Crippen molar-refractivity contribution in [1.29, 1.82) is 5.26 Å². The second-order valence-electron chi connectivity index (χ2n) is 7.28. The first-order chi connectivity index (χ1) is 14.3. The molecule has 9 heteroatoms. The Hall–Kier alpha value is -2.96. The molecule has 1 N–H and O–H groups in total.